The van der Waals surface area contributed by atoms with Crippen molar-refractivity contribution < 1.29 is 68.4 Å². The van der Waals surface area contributed by atoms with Gasteiger partial charge in [0.1, 0.15) is 28.0 Å². The van der Waals surface area contributed by atoms with E-state index >= 15 is 0 Å². The van der Waals surface area contributed by atoms with Crippen molar-refractivity contribution in [3.8, 4) is 0 Å². The van der Waals surface area contributed by atoms with E-state index in [4.69, 9.17) is 26.4 Å². The first kappa shape index (κ1) is 66.8. The number of aromatic nitrogens is 4. The average Bonchev–Trinajstić information content (AvgIpc) is 3.62. The van der Waals surface area contributed by atoms with Gasteiger partial charge in [-0.2, -0.15) is 0 Å². The number of ether oxygens (including phenoxy) is 3. The molecule has 10 atom stereocenters. The molecule has 5 saturated carbocycles. The number of aromatic carboxylic acids is 1. The molecule has 4 unspecified atom stereocenters. The Morgan fingerprint density at radius 3 is 1.29 bits per heavy atom. The normalized spacial score (nSPS) is 23.3. The molecule has 0 aromatic carbocycles. The van der Waals surface area contributed by atoms with Crippen LogP contribution >= 0.6 is 12.4 Å². The fourth-order valence-corrected chi connectivity index (χ4v) is 8.33. The van der Waals surface area contributed by atoms with Crippen LogP contribution in [0, 0.1) is 0 Å². The fraction of sp³-hybridized carbons (Fsp3) is 0.473. The molecule has 0 spiro atoms. The predicted molar refractivity (Wildman–Crippen MR) is 299 cm³/mol. The van der Waals surface area contributed by atoms with E-state index in [0.29, 0.717) is 25.7 Å². The number of methoxy groups -OCH3 is 2. The maximum Gasteiger partial charge on any atom is 0.412 e. The quantitative estimate of drug-likeness (QED) is 0.0796. The summed E-state index contributed by atoms with van der Waals surface area (Å²) in [6.45, 7) is 5.25. The van der Waals surface area contributed by atoms with Gasteiger partial charge in [-0.15, -0.1) is 12.4 Å². The smallest absolute Gasteiger partial charge is 0.412 e. The van der Waals surface area contributed by atoms with Gasteiger partial charge in [0, 0.05) is 30.8 Å². The number of nitrogen functional groups attached to an aromatic ring is 1. The maximum absolute atomic E-state index is 12.2. The molecule has 0 bridgehead atoms. The number of carboxylic acid groups (broad SMARTS) is 1. The van der Waals surface area contributed by atoms with Gasteiger partial charge in [-0.1, -0.05) is 0 Å². The van der Waals surface area contributed by atoms with Crippen LogP contribution in [0.15, 0.2) is 120 Å². The molecule has 0 aliphatic heterocycles. The van der Waals surface area contributed by atoms with Gasteiger partial charge >= 0.3 is 29.6 Å². The van der Waals surface area contributed by atoms with Gasteiger partial charge in [0.15, 0.2) is 0 Å². The molecule has 1 amide bonds. The summed E-state index contributed by atoms with van der Waals surface area (Å²) in [5, 5.41) is 57.7. The van der Waals surface area contributed by atoms with Crippen LogP contribution < -0.4 is 44.6 Å². The number of hydrogen-bond donors (Lipinski definition) is 9. The number of amides is 1. The topological polar surface area (TPSA) is 400 Å². The zero-order chi connectivity index (χ0) is 59.9. The van der Waals surface area contributed by atoms with Crippen LogP contribution in [0.25, 0.3) is 0 Å². The first-order valence-electron chi connectivity index (χ1n) is 26.0. The highest BCUT2D eigenvalue weighted by Gasteiger charge is 2.34. The third-order valence-corrected chi connectivity index (χ3v) is 13.9. The number of nitrogens with zero attached hydrogens (tertiary/aromatic N) is 4. The van der Waals surface area contributed by atoms with Gasteiger partial charge in [0.05, 0.1) is 80.9 Å². The molecule has 11 N–H and O–H groups in total. The second-order valence-corrected chi connectivity index (χ2v) is 20.5. The van der Waals surface area contributed by atoms with Crippen molar-refractivity contribution in [1.29, 1.82) is 0 Å². The molecule has 5 aromatic heterocycles. The maximum atomic E-state index is 12.2. The monoisotopic (exact) mass is 1170 g/mol. The number of carboxylic acids is 1. The number of aliphatic hydroxyl groups is 5. The summed E-state index contributed by atoms with van der Waals surface area (Å²) in [7, 11) is 2.44. The van der Waals surface area contributed by atoms with Crippen molar-refractivity contribution in [3.05, 3.63) is 160 Å². The van der Waals surface area contributed by atoms with E-state index < -0.39 is 64.7 Å². The van der Waals surface area contributed by atoms with Crippen molar-refractivity contribution in [2.45, 2.75) is 151 Å². The Kier molecular flexibility index (Phi) is 24.7. The third kappa shape index (κ3) is 17.4. The lowest BCUT2D eigenvalue weighted by molar-refractivity contribution is 0.0292. The van der Waals surface area contributed by atoms with Gasteiger partial charge in [-0.3, -0.25) is 24.5 Å². The molecular weight excluding hydrogens is 1100 g/mol. The minimum atomic E-state index is -1.23. The van der Waals surface area contributed by atoms with Gasteiger partial charge in [-0.25, -0.2) is 24.0 Å². The van der Waals surface area contributed by atoms with Crippen molar-refractivity contribution >= 4 is 47.8 Å². The molecule has 0 radical (unpaired) electrons. The number of carbonyl (C=O) groups excluding carboxylic acids is 3. The van der Waals surface area contributed by atoms with Gasteiger partial charge < -0.3 is 79.0 Å². The van der Waals surface area contributed by atoms with E-state index in [1.807, 2.05) is 0 Å². The number of pyridine rings is 4. The molecular formula is C55H72ClN7O19. The highest BCUT2D eigenvalue weighted by Crippen LogP contribution is 2.33. The summed E-state index contributed by atoms with van der Waals surface area (Å²) in [4.78, 5) is 102. The first-order valence-corrected chi connectivity index (χ1v) is 26.0. The van der Waals surface area contributed by atoms with E-state index in [2.05, 4.69) is 19.2 Å². The number of rotatable bonds is 8. The molecule has 0 saturated heterocycles. The number of anilines is 2. The lowest BCUT2D eigenvalue weighted by Crippen LogP contribution is -2.43. The summed E-state index contributed by atoms with van der Waals surface area (Å²) in [6, 6.07) is 14.4. The number of carbonyl (C=O) groups is 4. The van der Waals surface area contributed by atoms with E-state index in [1.165, 1.54) is 81.3 Å². The summed E-state index contributed by atoms with van der Waals surface area (Å²) >= 11 is 0. The van der Waals surface area contributed by atoms with Crippen molar-refractivity contribution in [2.75, 3.05) is 25.3 Å². The standard InChI is InChI=1S/C14H20N2O4.C11H13NO4.C10H11NO4.C9H12N2O2.C7H6O4.C4H9NO.ClH/c1-14(2,3)20-13(19)15-9-5-4-8-16(12(9)18)10-6-7-11(10)17;1-16-11(15)7-3-2-6-12(10(7)14)8-4-5-9(8)13;12-8-4-3-7(8)11-5-1-2-6(9(11)13)10(14)15;10-6-2-1-5-11(9(6)13)7-3-4-8(7)12;1-10-6(8)5-3-2-4-11-7(5)9;5-3-1-2-4(3)6;/h4-5,8,10-11,17H,6-7H2,1-3H3,(H,15,19);2-3,6,8-9,13H,4-5H2,1H3;1-2,5,7-8,12H,3-4H2,(H,14,15);1-2,5,7-8,12H,3-4,10H2;2-4H,1H3;3-4,6H,1-2,5H2;1H/t10?,11-;8?,9-;2*7?,8-;;3-,4-;/m0000.0./s1. The van der Waals surface area contributed by atoms with E-state index in [1.54, 1.807) is 63.6 Å². The zero-order valence-corrected chi connectivity index (χ0v) is 46.7. The van der Waals surface area contributed by atoms with Gasteiger partial charge in [0.25, 0.3) is 22.2 Å². The largest absolute Gasteiger partial charge is 0.477 e. The second-order valence-electron chi connectivity index (χ2n) is 20.5. The Hall–Kier alpha value is -7.72. The summed E-state index contributed by atoms with van der Waals surface area (Å²) in [6.07, 6.45) is 12.6. The fourth-order valence-electron chi connectivity index (χ4n) is 8.33. The highest BCUT2D eigenvalue weighted by molar-refractivity contribution is 5.89. The van der Waals surface area contributed by atoms with E-state index in [0.717, 1.165) is 38.5 Å². The second kappa shape index (κ2) is 30.4. The van der Waals surface area contributed by atoms with Crippen molar-refractivity contribution in [2.24, 2.45) is 5.73 Å². The molecule has 10 rings (SSSR count). The third-order valence-electron chi connectivity index (χ3n) is 13.9. The summed E-state index contributed by atoms with van der Waals surface area (Å²) < 4.78 is 24.1. The number of hydrogen-bond acceptors (Lipinski definition) is 20. The van der Waals surface area contributed by atoms with Gasteiger partial charge in [0.2, 0.25) is 0 Å². The van der Waals surface area contributed by atoms with Crippen LogP contribution in [0.5, 0.6) is 0 Å². The van der Waals surface area contributed by atoms with E-state index in [-0.39, 0.29) is 94.0 Å². The Balaban J connectivity index is 0.000000216. The number of nitrogens with two attached hydrogens (primary N) is 2. The highest BCUT2D eigenvalue weighted by atomic mass is 35.5. The molecule has 5 aliphatic rings. The van der Waals surface area contributed by atoms with Crippen LogP contribution in [0.1, 0.15) is 140 Å². The minimum absolute atomic E-state index is 0. The Morgan fingerprint density at radius 2 is 0.927 bits per heavy atom. The minimum Gasteiger partial charge on any atom is -0.477 e. The van der Waals surface area contributed by atoms with Crippen molar-refractivity contribution in [3.63, 3.8) is 0 Å². The van der Waals surface area contributed by atoms with Crippen LogP contribution in [0.3, 0.4) is 0 Å². The molecule has 5 heterocycles. The molecule has 5 aliphatic carbocycles. The lowest BCUT2D eigenvalue weighted by Gasteiger charge is -2.34. The number of halogens is 1. The number of nitrogens with one attached hydrogen (secondary N) is 1. The Labute approximate surface area is 475 Å². The number of esters is 2. The van der Waals surface area contributed by atoms with Gasteiger partial charge in [-0.05, 0) is 146 Å². The van der Waals surface area contributed by atoms with Crippen LogP contribution in [0.2, 0.25) is 0 Å². The Bertz CT molecular complexity index is 3270. The first-order chi connectivity index (χ1) is 38.3. The molecule has 5 aromatic rings. The number of aliphatic hydroxyl groups excluding tert-OH is 5. The Morgan fingerprint density at radius 1 is 0.549 bits per heavy atom. The van der Waals surface area contributed by atoms with E-state index in [9.17, 15) is 63.6 Å². The molecule has 5 fully saturated rings. The molecule has 82 heavy (non-hydrogen) atoms. The van der Waals surface area contributed by atoms with Crippen molar-refractivity contribution in [1.82, 2.24) is 18.3 Å². The predicted octanol–water partition coefficient (Wildman–Crippen LogP) is 2.91. The summed E-state index contributed by atoms with van der Waals surface area (Å²) in [5.74, 6) is -2.56. The molecule has 27 heteroatoms. The zero-order valence-electron chi connectivity index (χ0n) is 45.8. The average molecular weight is 1170 g/mol. The SMILES string of the molecule is CC(C)(C)OC(=O)Nc1cccn(C2CC[C@@H]2O)c1=O.COC(=O)c1cccn(C2CC[C@@H]2O)c1=O.COC(=O)c1cccoc1=O.Cl.N[C@H]1CC[C@@H]1O.Nc1cccn(C2CC[C@@H]2O)c1=O.O=C(O)c1cccn(C2CC[C@@H]2O)c1=O. The van der Waals surface area contributed by atoms with Crippen LogP contribution in [-0.4, -0.2) is 129 Å². The van der Waals surface area contributed by atoms with Crippen LogP contribution in [-0.2, 0) is 14.2 Å². The summed E-state index contributed by atoms with van der Waals surface area (Å²) in [5.41, 5.74) is 8.00. The molecule has 26 nitrogen and oxygen atoms in total. The molecule has 448 valence electrons. The lowest BCUT2D eigenvalue weighted by atomic mass is 9.89. The van der Waals surface area contributed by atoms with Crippen LogP contribution in [0.4, 0.5) is 16.2 Å².